The summed E-state index contributed by atoms with van der Waals surface area (Å²) in [5.74, 6) is -3.41. The quantitative estimate of drug-likeness (QED) is 0.756. The molecule has 0 aromatic heterocycles. The van der Waals surface area contributed by atoms with E-state index in [0.717, 1.165) is 6.42 Å². The highest BCUT2D eigenvalue weighted by atomic mass is 19.4. The molecule has 1 aliphatic carbocycles. The van der Waals surface area contributed by atoms with Crippen LogP contribution in [0.4, 0.5) is 13.2 Å². The summed E-state index contributed by atoms with van der Waals surface area (Å²) >= 11 is 0. The summed E-state index contributed by atoms with van der Waals surface area (Å²) in [6.07, 6.45) is -3.01. The summed E-state index contributed by atoms with van der Waals surface area (Å²) in [5.41, 5.74) is -3.58. The first-order valence-corrected chi connectivity index (χ1v) is 4.82. The summed E-state index contributed by atoms with van der Waals surface area (Å²) in [4.78, 5) is 10.6. The lowest BCUT2D eigenvalue weighted by Crippen LogP contribution is -2.57. The molecule has 1 aliphatic rings. The van der Waals surface area contributed by atoms with E-state index >= 15 is 0 Å². The summed E-state index contributed by atoms with van der Waals surface area (Å²) < 4.78 is 37.5. The van der Waals surface area contributed by atoms with Gasteiger partial charge in [-0.3, -0.25) is 0 Å². The molecule has 0 aromatic carbocycles. The second-order valence-electron chi connectivity index (χ2n) is 3.90. The molecule has 88 valence electrons. The Bertz CT molecular complexity index is 245. The highest BCUT2D eigenvalue weighted by Crippen LogP contribution is 2.42. The van der Waals surface area contributed by atoms with Crippen LogP contribution in [0.25, 0.3) is 0 Å². The molecule has 0 radical (unpaired) electrons. The van der Waals surface area contributed by atoms with Crippen molar-refractivity contribution in [1.82, 2.24) is 0 Å². The monoisotopic (exact) mass is 226 g/mol. The Morgan fingerprint density at radius 3 is 1.93 bits per heavy atom. The van der Waals surface area contributed by atoms with Gasteiger partial charge in [-0.25, -0.2) is 4.79 Å². The SMILES string of the molecule is O=C(O)C(O)(C1CCCCC1)C(F)(F)F. The maximum atomic E-state index is 12.5. The topological polar surface area (TPSA) is 57.5 Å². The molecule has 2 N–H and O–H groups in total. The first-order chi connectivity index (χ1) is 6.80. The van der Waals surface area contributed by atoms with Gasteiger partial charge in [-0.2, -0.15) is 13.2 Å². The fourth-order valence-corrected chi connectivity index (χ4v) is 2.05. The zero-order chi connectivity index (χ0) is 11.7. The Kier molecular flexibility index (Phi) is 3.28. The van der Waals surface area contributed by atoms with Crippen LogP contribution in [-0.4, -0.2) is 28.0 Å². The number of aliphatic hydroxyl groups is 1. The maximum Gasteiger partial charge on any atom is 0.428 e. The fraction of sp³-hybridized carbons (Fsp3) is 0.889. The largest absolute Gasteiger partial charge is 0.479 e. The molecule has 0 bridgehead atoms. The molecule has 0 saturated heterocycles. The van der Waals surface area contributed by atoms with Crippen molar-refractivity contribution in [3.05, 3.63) is 0 Å². The van der Waals surface area contributed by atoms with E-state index in [9.17, 15) is 23.1 Å². The minimum absolute atomic E-state index is 0.113. The van der Waals surface area contributed by atoms with Crippen molar-refractivity contribution in [2.45, 2.75) is 43.9 Å². The van der Waals surface area contributed by atoms with Gasteiger partial charge in [-0.05, 0) is 12.8 Å². The molecule has 0 aromatic rings. The minimum Gasteiger partial charge on any atom is -0.479 e. The molecule has 6 heteroatoms. The molecule has 1 saturated carbocycles. The predicted octanol–water partition coefficient (Wildman–Crippen LogP) is 1.94. The standard InChI is InChI=1S/C9H13F3O3/c10-9(11,12)8(15,7(13)14)6-4-2-1-3-5-6/h6,15H,1-5H2,(H,13,14). The third-order valence-corrected chi connectivity index (χ3v) is 2.95. The van der Waals surface area contributed by atoms with Gasteiger partial charge in [0.15, 0.2) is 0 Å². The fourth-order valence-electron chi connectivity index (χ4n) is 2.05. The smallest absolute Gasteiger partial charge is 0.428 e. The third-order valence-electron chi connectivity index (χ3n) is 2.95. The number of carbonyl (C=O) groups is 1. The molecule has 1 unspecified atom stereocenters. The van der Waals surface area contributed by atoms with E-state index in [1.807, 2.05) is 0 Å². The second kappa shape index (κ2) is 4.00. The molecule has 0 heterocycles. The van der Waals surface area contributed by atoms with Gasteiger partial charge in [0.2, 0.25) is 0 Å². The zero-order valence-corrected chi connectivity index (χ0v) is 8.05. The van der Waals surface area contributed by atoms with Crippen LogP contribution < -0.4 is 0 Å². The minimum atomic E-state index is -5.11. The Hall–Kier alpha value is -0.780. The number of halogens is 3. The van der Waals surface area contributed by atoms with Crippen LogP contribution in [0.15, 0.2) is 0 Å². The van der Waals surface area contributed by atoms with Gasteiger partial charge in [0.1, 0.15) is 0 Å². The van der Waals surface area contributed by atoms with E-state index in [4.69, 9.17) is 5.11 Å². The predicted molar refractivity (Wildman–Crippen MR) is 45.2 cm³/mol. The van der Waals surface area contributed by atoms with E-state index in [2.05, 4.69) is 0 Å². The third kappa shape index (κ3) is 2.09. The number of carboxylic acids is 1. The molecule has 1 atom stereocenters. The van der Waals surface area contributed by atoms with Gasteiger partial charge >= 0.3 is 12.1 Å². The first kappa shape index (κ1) is 12.3. The van der Waals surface area contributed by atoms with Crippen molar-refractivity contribution in [2.24, 2.45) is 5.92 Å². The van der Waals surface area contributed by atoms with Crippen molar-refractivity contribution in [3.8, 4) is 0 Å². The Morgan fingerprint density at radius 2 is 1.60 bits per heavy atom. The van der Waals surface area contributed by atoms with Crippen molar-refractivity contribution in [2.75, 3.05) is 0 Å². The summed E-state index contributed by atoms with van der Waals surface area (Å²) in [6, 6.07) is 0. The van der Waals surface area contributed by atoms with Gasteiger partial charge in [-0.15, -0.1) is 0 Å². The highest BCUT2D eigenvalue weighted by Gasteiger charge is 2.64. The van der Waals surface area contributed by atoms with E-state index in [-0.39, 0.29) is 12.8 Å². The molecular weight excluding hydrogens is 213 g/mol. The number of carboxylic acid groups (broad SMARTS) is 1. The average Bonchev–Trinajstić information content (AvgIpc) is 2.16. The second-order valence-corrected chi connectivity index (χ2v) is 3.90. The summed E-state index contributed by atoms with van der Waals surface area (Å²) in [5, 5.41) is 17.9. The summed E-state index contributed by atoms with van der Waals surface area (Å²) in [7, 11) is 0. The summed E-state index contributed by atoms with van der Waals surface area (Å²) in [6.45, 7) is 0. The highest BCUT2D eigenvalue weighted by molar-refractivity contribution is 5.78. The van der Waals surface area contributed by atoms with E-state index in [1.54, 1.807) is 0 Å². The van der Waals surface area contributed by atoms with Gasteiger partial charge in [0.25, 0.3) is 5.60 Å². The van der Waals surface area contributed by atoms with Crippen LogP contribution >= 0.6 is 0 Å². The molecule has 0 amide bonds. The number of rotatable bonds is 2. The van der Waals surface area contributed by atoms with E-state index in [1.165, 1.54) is 0 Å². The van der Waals surface area contributed by atoms with Crippen LogP contribution in [0.2, 0.25) is 0 Å². The molecular formula is C9H13F3O3. The van der Waals surface area contributed by atoms with Crippen LogP contribution in [0.3, 0.4) is 0 Å². The van der Waals surface area contributed by atoms with Gasteiger partial charge < -0.3 is 10.2 Å². The number of hydrogen-bond donors (Lipinski definition) is 2. The lowest BCUT2D eigenvalue weighted by atomic mass is 9.76. The van der Waals surface area contributed by atoms with Crippen molar-refractivity contribution < 1.29 is 28.2 Å². The number of alkyl halides is 3. The molecule has 0 aliphatic heterocycles. The van der Waals surface area contributed by atoms with Crippen molar-refractivity contribution in [3.63, 3.8) is 0 Å². The lowest BCUT2D eigenvalue weighted by Gasteiger charge is -2.36. The van der Waals surface area contributed by atoms with Gasteiger partial charge in [0.05, 0.1) is 0 Å². The first-order valence-electron chi connectivity index (χ1n) is 4.82. The molecule has 3 nitrogen and oxygen atoms in total. The number of hydrogen-bond acceptors (Lipinski definition) is 2. The molecule has 0 spiro atoms. The van der Waals surface area contributed by atoms with E-state index in [0.29, 0.717) is 12.8 Å². The molecule has 15 heavy (non-hydrogen) atoms. The normalized spacial score (nSPS) is 23.5. The molecule has 1 rings (SSSR count). The average molecular weight is 226 g/mol. The van der Waals surface area contributed by atoms with Gasteiger partial charge in [0, 0.05) is 5.92 Å². The zero-order valence-electron chi connectivity index (χ0n) is 8.05. The Labute approximate surface area is 84.9 Å². The van der Waals surface area contributed by atoms with Gasteiger partial charge in [-0.1, -0.05) is 19.3 Å². The maximum absolute atomic E-state index is 12.5. The van der Waals surface area contributed by atoms with Crippen molar-refractivity contribution >= 4 is 5.97 Å². The number of aliphatic carboxylic acids is 1. The van der Waals surface area contributed by atoms with Crippen LogP contribution in [-0.2, 0) is 4.79 Å². The van der Waals surface area contributed by atoms with E-state index < -0.39 is 23.7 Å². The van der Waals surface area contributed by atoms with Crippen LogP contribution in [0.5, 0.6) is 0 Å². The Balaban J connectivity index is 2.94. The van der Waals surface area contributed by atoms with Crippen LogP contribution in [0.1, 0.15) is 32.1 Å². The van der Waals surface area contributed by atoms with Crippen molar-refractivity contribution in [1.29, 1.82) is 0 Å². The van der Waals surface area contributed by atoms with Crippen LogP contribution in [0, 0.1) is 5.92 Å². The lowest BCUT2D eigenvalue weighted by molar-refractivity contribution is -0.278. The Morgan fingerprint density at radius 1 is 1.13 bits per heavy atom. The molecule has 1 fully saturated rings.